The third-order valence-corrected chi connectivity index (χ3v) is 6.62. The number of carbonyl (C=O) groups excluding carboxylic acids is 2. The molecule has 0 aliphatic carbocycles. The summed E-state index contributed by atoms with van der Waals surface area (Å²) in [5.74, 6) is 6.55. The summed E-state index contributed by atoms with van der Waals surface area (Å²) in [6.45, 7) is 6.92. The number of aryl methyl sites for hydroxylation is 1. The predicted molar refractivity (Wildman–Crippen MR) is 132 cm³/mol. The van der Waals surface area contributed by atoms with Crippen LogP contribution in [-0.2, 0) is 16.6 Å². The van der Waals surface area contributed by atoms with E-state index in [1.165, 1.54) is 9.13 Å². The highest BCUT2D eigenvalue weighted by Gasteiger charge is 2.31. The van der Waals surface area contributed by atoms with E-state index in [0.717, 1.165) is 18.4 Å². The Morgan fingerprint density at radius 1 is 1.17 bits per heavy atom. The van der Waals surface area contributed by atoms with Crippen molar-refractivity contribution in [1.29, 1.82) is 0 Å². The van der Waals surface area contributed by atoms with Crippen LogP contribution in [0.2, 0.25) is 0 Å². The molecule has 2 atom stereocenters. The molecule has 2 amide bonds. The van der Waals surface area contributed by atoms with E-state index < -0.39 is 17.9 Å². The van der Waals surface area contributed by atoms with Gasteiger partial charge in [0.2, 0.25) is 5.91 Å². The van der Waals surface area contributed by atoms with Crippen LogP contribution >= 0.6 is 0 Å². The Bertz CT molecular complexity index is 1230. The molecule has 2 N–H and O–H groups in total. The van der Waals surface area contributed by atoms with Crippen LogP contribution < -0.4 is 11.0 Å². The molecule has 1 aromatic carbocycles. The fourth-order valence-corrected chi connectivity index (χ4v) is 4.80. The van der Waals surface area contributed by atoms with Gasteiger partial charge in [-0.2, -0.15) is 0 Å². The van der Waals surface area contributed by atoms with Gasteiger partial charge in [0.25, 0.3) is 0 Å². The van der Waals surface area contributed by atoms with E-state index in [0.29, 0.717) is 49.3 Å². The predicted octanol–water partition coefficient (Wildman–Crippen LogP) is 2.50. The number of rotatable bonds is 2. The van der Waals surface area contributed by atoms with Gasteiger partial charge in [0, 0.05) is 26.6 Å². The minimum Gasteiger partial charge on any atom is -0.444 e. The van der Waals surface area contributed by atoms with Crippen LogP contribution in [0.15, 0.2) is 23.0 Å². The number of benzene rings is 1. The van der Waals surface area contributed by atoms with E-state index in [4.69, 9.17) is 4.74 Å². The highest BCUT2D eigenvalue weighted by Crippen LogP contribution is 2.26. The SMILES string of the molecule is Cn1c(=O)n(C2CCC(O)NC2=O)c2cccc(C#CCC3CCN(C(=O)OC(C)(C)C)CC3)c21. The van der Waals surface area contributed by atoms with E-state index in [-0.39, 0.29) is 17.7 Å². The van der Waals surface area contributed by atoms with E-state index >= 15 is 0 Å². The highest BCUT2D eigenvalue weighted by atomic mass is 16.6. The maximum absolute atomic E-state index is 13.1. The van der Waals surface area contributed by atoms with Crippen molar-refractivity contribution in [3.8, 4) is 11.8 Å². The quantitative estimate of drug-likeness (QED) is 0.640. The van der Waals surface area contributed by atoms with Crippen LogP contribution in [0.5, 0.6) is 0 Å². The van der Waals surface area contributed by atoms with E-state index in [1.807, 2.05) is 39.0 Å². The highest BCUT2D eigenvalue weighted by molar-refractivity contribution is 5.87. The van der Waals surface area contributed by atoms with Crippen LogP contribution in [0, 0.1) is 17.8 Å². The first-order valence-electron chi connectivity index (χ1n) is 12.2. The molecule has 4 rings (SSSR count). The van der Waals surface area contributed by atoms with Crippen LogP contribution in [0.25, 0.3) is 11.0 Å². The molecule has 3 heterocycles. The minimum absolute atomic E-state index is 0.264. The van der Waals surface area contributed by atoms with E-state index in [2.05, 4.69) is 17.2 Å². The number of hydrogen-bond acceptors (Lipinski definition) is 5. The number of aliphatic hydroxyl groups excluding tert-OH is 1. The second-order valence-corrected chi connectivity index (χ2v) is 10.4. The number of nitrogens with zero attached hydrogens (tertiary/aromatic N) is 3. The second-order valence-electron chi connectivity index (χ2n) is 10.4. The Labute approximate surface area is 205 Å². The molecule has 188 valence electrons. The van der Waals surface area contributed by atoms with Crippen LogP contribution in [0.1, 0.15) is 64.5 Å². The Hall–Kier alpha value is -3.25. The van der Waals surface area contributed by atoms with Gasteiger partial charge in [-0.15, -0.1) is 0 Å². The zero-order valence-corrected chi connectivity index (χ0v) is 20.8. The molecular formula is C26H34N4O5. The summed E-state index contributed by atoms with van der Waals surface area (Å²) in [6, 6.07) is 4.89. The zero-order chi connectivity index (χ0) is 25.3. The molecule has 0 radical (unpaired) electrons. The summed E-state index contributed by atoms with van der Waals surface area (Å²) >= 11 is 0. The molecular weight excluding hydrogens is 448 g/mol. The number of fused-ring (bicyclic) bond motifs is 1. The Morgan fingerprint density at radius 2 is 1.89 bits per heavy atom. The van der Waals surface area contributed by atoms with Crippen LogP contribution in [0.3, 0.4) is 0 Å². The molecule has 35 heavy (non-hydrogen) atoms. The zero-order valence-electron chi connectivity index (χ0n) is 20.8. The normalized spacial score (nSPS) is 21.4. The van der Waals surface area contributed by atoms with Gasteiger partial charge >= 0.3 is 11.8 Å². The molecule has 9 heteroatoms. The lowest BCUT2D eigenvalue weighted by Gasteiger charge is -2.32. The fourth-order valence-electron chi connectivity index (χ4n) is 4.80. The number of piperidine rings is 2. The minimum atomic E-state index is -0.873. The smallest absolute Gasteiger partial charge is 0.410 e. The number of imidazole rings is 1. The van der Waals surface area contributed by atoms with Crippen molar-refractivity contribution in [3.63, 3.8) is 0 Å². The van der Waals surface area contributed by atoms with Gasteiger partial charge in [0.15, 0.2) is 0 Å². The van der Waals surface area contributed by atoms with Crippen molar-refractivity contribution in [2.24, 2.45) is 13.0 Å². The lowest BCUT2D eigenvalue weighted by Crippen LogP contribution is -2.46. The molecule has 9 nitrogen and oxygen atoms in total. The molecule has 2 aliphatic rings. The Balaban J connectivity index is 1.47. The third kappa shape index (κ3) is 5.38. The summed E-state index contributed by atoms with van der Waals surface area (Å²) in [4.78, 5) is 39.6. The molecule has 2 aromatic rings. The van der Waals surface area contributed by atoms with Gasteiger partial charge in [0.05, 0.1) is 16.6 Å². The summed E-state index contributed by atoms with van der Waals surface area (Å²) in [6.07, 6.45) is 2.10. The van der Waals surface area contributed by atoms with E-state index in [1.54, 1.807) is 11.9 Å². The number of likely N-dealkylation sites (tertiary alicyclic amines) is 1. The Morgan fingerprint density at radius 3 is 2.54 bits per heavy atom. The second kappa shape index (κ2) is 9.78. The molecule has 2 saturated heterocycles. The molecule has 0 bridgehead atoms. The third-order valence-electron chi connectivity index (χ3n) is 6.62. The fraction of sp³-hybridized carbons (Fsp3) is 0.577. The van der Waals surface area contributed by atoms with Crippen molar-refractivity contribution in [3.05, 3.63) is 34.2 Å². The van der Waals surface area contributed by atoms with Crippen molar-refractivity contribution < 1.29 is 19.4 Å². The van der Waals surface area contributed by atoms with Crippen molar-refractivity contribution in [2.45, 2.75) is 70.7 Å². The van der Waals surface area contributed by atoms with Crippen molar-refractivity contribution in [2.75, 3.05) is 13.1 Å². The number of hydrogen-bond donors (Lipinski definition) is 2. The maximum atomic E-state index is 13.1. The van der Waals surface area contributed by atoms with Gasteiger partial charge < -0.3 is 20.1 Å². The molecule has 2 fully saturated rings. The number of carbonyl (C=O) groups is 2. The molecule has 1 aromatic heterocycles. The first-order chi connectivity index (χ1) is 16.5. The number of aliphatic hydroxyl groups is 1. The average Bonchev–Trinajstić information content (AvgIpc) is 3.04. The molecule has 0 spiro atoms. The monoisotopic (exact) mass is 482 g/mol. The largest absolute Gasteiger partial charge is 0.444 e. The number of para-hydroxylation sites is 1. The van der Waals surface area contributed by atoms with Crippen molar-refractivity contribution in [1.82, 2.24) is 19.4 Å². The first-order valence-corrected chi connectivity index (χ1v) is 12.2. The topological polar surface area (TPSA) is 106 Å². The number of aromatic nitrogens is 2. The number of nitrogens with one attached hydrogen (secondary N) is 1. The molecule has 0 saturated carbocycles. The van der Waals surface area contributed by atoms with Crippen molar-refractivity contribution >= 4 is 23.0 Å². The van der Waals surface area contributed by atoms with Crippen LogP contribution in [0.4, 0.5) is 4.79 Å². The number of ether oxygens (including phenoxy) is 1. The maximum Gasteiger partial charge on any atom is 0.410 e. The van der Waals surface area contributed by atoms with Crippen LogP contribution in [-0.4, -0.2) is 56.1 Å². The molecule has 2 unspecified atom stereocenters. The van der Waals surface area contributed by atoms with Gasteiger partial charge in [-0.3, -0.25) is 13.9 Å². The number of amides is 2. The molecule has 2 aliphatic heterocycles. The summed E-state index contributed by atoms with van der Waals surface area (Å²) < 4.78 is 8.51. The summed E-state index contributed by atoms with van der Waals surface area (Å²) in [5.41, 5.74) is 1.32. The first kappa shape index (κ1) is 24.9. The van der Waals surface area contributed by atoms with Gasteiger partial charge in [-0.1, -0.05) is 17.9 Å². The average molecular weight is 483 g/mol. The summed E-state index contributed by atoms with van der Waals surface area (Å²) in [7, 11) is 1.69. The van der Waals surface area contributed by atoms with Gasteiger partial charge in [-0.25, -0.2) is 9.59 Å². The summed E-state index contributed by atoms with van der Waals surface area (Å²) in [5, 5.41) is 12.2. The lowest BCUT2D eigenvalue weighted by molar-refractivity contribution is -0.130. The van der Waals surface area contributed by atoms with E-state index in [9.17, 15) is 19.5 Å². The lowest BCUT2D eigenvalue weighted by atomic mass is 9.94. The standard InChI is InChI=1S/C26H34N4O5/c1-26(2,3)35-25(34)29-15-13-17(14-16-29)7-5-8-18-9-6-10-19-22(18)28(4)24(33)30(19)20-11-12-21(31)27-23(20)32/h6,9-10,17,20-21,31H,7,11-16H2,1-4H3,(H,27,32). The Kier molecular flexibility index (Phi) is 6.95. The van der Waals surface area contributed by atoms with Gasteiger partial charge in [0.1, 0.15) is 17.9 Å². The van der Waals surface area contributed by atoms with Gasteiger partial charge in [-0.05, 0) is 64.5 Å².